The first kappa shape index (κ1) is 20.1. The normalized spacial score (nSPS) is 11.2. The molecule has 0 saturated carbocycles. The summed E-state index contributed by atoms with van der Waals surface area (Å²) in [5.74, 6) is 0.356. The topological polar surface area (TPSA) is 91.5 Å². The maximum atomic E-state index is 12.9. The van der Waals surface area contributed by atoms with Gasteiger partial charge in [0.1, 0.15) is 12.1 Å². The van der Waals surface area contributed by atoms with E-state index < -0.39 is 0 Å². The molecule has 7 nitrogen and oxygen atoms in total. The van der Waals surface area contributed by atoms with Crippen molar-refractivity contribution in [3.63, 3.8) is 0 Å². The summed E-state index contributed by atoms with van der Waals surface area (Å²) in [5.41, 5.74) is 3.30. The summed E-state index contributed by atoms with van der Waals surface area (Å²) in [5, 5.41) is 8.65. The number of anilines is 1. The molecule has 0 fully saturated rings. The molecule has 0 saturated heterocycles. The third-order valence-corrected chi connectivity index (χ3v) is 4.06. The van der Waals surface area contributed by atoms with Crippen molar-refractivity contribution in [1.29, 1.82) is 0 Å². The second kappa shape index (κ2) is 9.50. The zero-order chi connectivity index (χ0) is 20.6. The molecule has 0 unspecified atom stereocenters. The van der Waals surface area contributed by atoms with Gasteiger partial charge in [-0.1, -0.05) is 17.7 Å². The highest BCUT2D eigenvalue weighted by atomic mass is 19.1. The number of nitrogens with one attached hydrogen (secondary N) is 3. The summed E-state index contributed by atoms with van der Waals surface area (Å²) < 4.78 is 18.4. The van der Waals surface area contributed by atoms with Crippen LogP contribution in [0.1, 0.15) is 11.3 Å². The van der Waals surface area contributed by atoms with Crippen molar-refractivity contribution in [3.05, 3.63) is 71.9 Å². The average molecular weight is 395 g/mol. The van der Waals surface area contributed by atoms with Crippen molar-refractivity contribution in [2.45, 2.75) is 13.5 Å². The number of carbonyl (C=O) groups excluding carboxylic acids is 1. The molecule has 3 rings (SSSR count). The number of amides is 1. The molecule has 1 heterocycles. The molecule has 0 aliphatic carbocycles. The number of rotatable bonds is 6. The number of benzene rings is 2. The monoisotopic (exact) mass is 395 g/mol. The van der Waals surface area contributed by atoms with E-state index in [2.05, 4.69) is 25.9 Å². The smallest absolute Gasteiger partial charge is 0.243 e. The van der Waals surface area contributed by atoms with Crippen LogP contribution in [0.2, 0.25) is 0 Å². The Bertz CT molecular complexity index is 981. The predicted octanol–water partition coefficient (Wildman–Crippen LogP) is 3.09. The van der Waals surface area contributed by atoms with Crippen LogP contribution in [0.5, 0.6) is 0 Å². The number of hydrogen-bond donors (Lipinski definition) is 3. The Labute approximate surface area is 168 Å². The van der Waals surface area contributed by atoms with Gasteiger partial charge >= 0.3 is 0 Å². The third-order valence-electron chi connectivity index (χ3n) is 4.06. The van der Waals surface area contributed by atoms with Gasteiger partial charge in [-0.2, -0.15) is 0 Å². The summed E-state index contributed by atoms with van der Waals surface area (Å²) >= 11 is 0. The Morgan fingerprint density at radius 2 is 1.83 bits per heavy atom. The molecule has 3 aromatic rings. The van der Waals surface area contributed by atoms with E-state index in [0.29, 0.717) is 29.8 Å². The molecule has 2 aromatic carbocycles. The minimum Gasteiger partial charge on any atom is -0.444 e. The molecule has 0 spiro atoms. The molecule has 0 aliphatic heterocycles. The van der Waals surface area contributed by atoms with Gasteiger partial charge in [0, 0.05) is 18.3 Å². The Kier molecular flexibility index (Phi) is 6.57. The van der Waals surface area contributed by atoms with Crippen LogP contribution in [-0.4, -0.2) is 30.4 Å². The molecule has 3 N–H and O–H groups in total. The summed E-state index contributed by atoms with van der Waals surface area (Å²) in [4.78, 5) is 20.5. The second-order valence-corrected chi connectivity index (χ2v) is 6.34. The first-order chi connectivity index (χ1) is 14.0. The number of aliphatic imine (C=N–C) groups is 1. The molecule has 0 bridgehead atoms. The van der Waals surface area contributed by atoms with E-state index in [1.165, 1.54) is 29.8 Å². The quantitative estimate of drug-likeness (QED) is 0.441. The van der Waals surface area contributed by atoms with Crippen LogP contribution >= 0.6 is 0 Å². The molecule has 0 atom stereocenters. The largest absolute Gasteiger partial charge is 0.444 e. The van der Waals surface area contributed by atoms with Crippen LogP contribution in [-0.2, 0) is 11.3 Å². The lowest BCUT2D eigenvalue weighted by Crippen LogP contribution is -2.41. The van der Waals surface area contributed by atoms with Gasteiger partial charge in [0.2, 0.25) is 11.8 Å². The zero-order valence-corrected chi connectivity index (χ0v) is 16.2. The highest BCUT2D eigenvalue weighted by Gasteiger charge is 2.08. The van der Waals surface area contributed by atoms with E-state index in [9.17, 15) is 9.18 Å². The Hall–Kier alpha value is -3.68. The number of halogens is 1. The molecule has 1 amide bonds. The van der Waals surface area contributed by atoms with Crippen molar-refractivity contribution < 1.29 is 13.6 Å². The lowest BCUT2D eigenvalue weighted by Gasteiger charge is -2.11. The van der Waals surface area contributed by atoms with Crippen LogP contribution in [0.15, 0.2) is 64.2 Å². The van der Waals surface area contributed by atoms with Crippen molar-refractivity contribution in [3.8, 4) is 11.5 Å². The summed E-state index contributed by atoms with van der Waals surface area (Å²) in [7, 11) is 1.60. The van der Waals surface area contributed by atoms with Crippen molar-refractivity contribution >= 4 is 17.6 Å². The molecular formula is C21H22FN5O2. The fourth-order valence-electron chi connectivity index (χ4n) is 2.51. The predicted molar refractivity (Wildman–Crippen MR) is 110 cm³/mol. The van der Waals surface area contributed by atoms with Crippen LogP contribution < -0.4 is 16.0 Å². The van der Waals surface area contributed by atoms with Gasteiger partial charge in [-0.05, 0) is 43.3 Å². The number of oxazole rings is 1. The number of nitrogens with zero attached hydrogens (tertiary/aromatic N) is 2. The molecule has 8 heteroatoms. The Morgan fingerprint density at radius 1 is 1.10 bits per heavy atom. The first-order valence-corrected chi connectivity index (χ1v) is 9.05. The van der Waals surface area contributed by atoms with Gasteiger partial charge in [0.25, 0.3) is 0 Å². The maximum Gasteiger partial charge on any atom is 0.243 e. The van der Waals surface area contributed by atoms with Crippen LogP contribution in [0, 0.1) is 12.7 Å². The molecule has 1 aromatic heterocycles. The molecule has 0 radical (unpaired) electrons. The van der Waals surface area contributed by atoms with E-state index in [1.807, 2.05) is 31.2 Å². The van der Waals surface area contributed by atoms with E-state index in [0.717, 1.165) is 5.56 Å². The van der Waals surface area contributed by atoms with Crippen molar-refractivity contribution in [2.24, 2.45) is 4.99 Å². The third kappa shape index (κ3) is 5.90. The molecular weight excluding hydrogens is 373 g/mol. The highest BCUT2D eigenvalue weighted by molar-refractivity contribution is 5.94. The van der Waals surface area contributed by atoms with Crippen LogP contribution in [0.25, 0.3) is 11.5 Å². The average Bonchev–Trinajstić information content (AvgIpc) is 3.19. The zero-order valence-electron chi connectivity index (χ0n) is 16.2. The Morgan fingerprint density at radius 3 is 2.52 bits per heavy atom. The van der Waals surface area contributed by atoms with E-state index in [4.69, 9.17) is 4.42 Å². The molecule has 29 heavy (non-hydrogen) atoms. The number of guanidine groups is 1. The summed E-state index contributed by atoms with van der Waals surface area (Å²) in [6.45, 7) is 2.41. The fraction of sp³-hybridized carbons (Fsp3) is 0.190. The number of hydrogen-bond acceptors (Lipinski definition) is 4. The van der Waals surface area contributed by atoms with Gasteiger partial charge in [-0.25, -0.2) is 9.37 Å². The first-order valence-electron chi connectivity index (χ1n) is 9.05. The number of carbonyl (C=O) groups is 1. The number of aromatic nitrogens is 1. The van der Waals surface area contributed by atoms with E-state index >= 15 is 0 Å². The lowest BCUT2D eigenvalue weighted by molar-refractivity contribution is -0.115. The summed E-state index contributed by atoms with van der Waals surface area (Å²) in [6, 6.07) is 13.5. The highest BCUT2D eigenvalue weighted by Crippen LogP contribution is 2.18. The van der Waals surface area contributed by atoms with Gasteiger partial charge in [-0.15, -0.1) is 0 Å². The van der Waals surface area contributed by atoms with Gasteiger partial charge in [-0.3, -0.25) is 9.79 Å². The van der Waals surface area contributed by atoms with Crippen LogP contribution in [0.3, 0.4) is 0 Å². The number of aryl methyl sites for hydroxylation is 1. The fourth-order valence-corrected chi connectivity index (χ4v) is 2.51. The minimum atomic E-state index is -0.357. The van der Waals surface area contributed by atoms with Gasteiger partial charge in [0.05, 0.1) is 18.8 Å². The van der Waals surface area contributed by atoms with Crippen molar-refractivity contribution in [1.82, 2.24) is 15.6 Å². The van der Waals surface area contributed by atoms with Gasteiger partial charge < -0.3 is 20.4 Å². The minimum absolute atomic E-state index is 0.00445. The van der Waals surface area contributed by atoms with Crippen LogP contribution in [0.4, 0.5) is 10.1 Å². The lowest BCUT2D eigenvalue weighted by atomic mass is 10.1. The van der Waals surface area contributed by atoms with Gasteiger partial charge in [0.15, 0.2) is 5.96 Å². The Balaban J connectivity index is 1.47. The van der Waals surface area contributed by atoms with E-state index in [-0.39, 0.29) is 18.3 Å². The van der Waals surface area contributed by atoms with E-state index in [1.54, 1.807) is 13.3 Å². The standard InChI is InChI=1S/C21H22FN5O2/c1-14-3-5-15(6-4-14)20-27-18(13-29-20)11-24-21(23-2)25-12-19(28)26-17-9-7-16(22)8-10-17/h3-10,13H,11-12H2,1-2H3,(H,26,28)(H2,23,24,25). The molecule has 150 valence electrons. The maximum absolute atomic E-state index is 12.9. The SMILES string of the molecule is CN=C(NCC(=O)Nc1ccc(F)cc1)NCc1coc(-c2ccc(C)cc2)n1. The van der Waals surface area contributed by atoms with Crippen molar-refractivity contribution in [2.75, 3.05) is 18.9 Å². The summed E-state index contributed by atoms with van der Waals surface area (Å²) in [6.07, 6.45) is 1.58. The molecule has 0 aliphatic rings. The second-order valence-electron chi connectivity index (χ2n) is 6.34.